The van der Waals surface area contributed by atoms with E-state index < -0.39 is 11.9 Å². The van der Waals surface area contributed by atoms with Crippen LogP contribution < -0.4 is 10.2 Å². The van der Waals surface area contributed by atoms with E-state index >= 15 is 0 Å². The van der Waals surface area contributed by atoms with Gasteiger partial charge >= 0.3 is 27.3 Å². The van der Waals surface area contributed by atoms with Crippen molar-refractivity contribution in [3.8, 4) is 0 Å². The van der Waals surface area contributed by atoms with Crippen molar-refractivity contribution in [1.29, 1.82) is 0 Å². The molecule has 0 aliphatic carbocycles. The van der Waals surface area contributed by atoms with Gasteiger partial charge in [0.05, 0.1) is 34.7 Å². The molecule has 0 bridgehead atoms. The summed E-state index contributed by atoms with van der Waals surface area (Å²) in [4.78, 5) is 35.1. The van der Waals surface area contributed by atoms with Crippen LogP contribution in [0, 0.1) is 0 Å². The zero-order valence-electron chi connectivity index (χ0n) is 26.0. The van der Waals surface area contributed by atoms with Crippen LogP contribution in [0.15, 0.2) is 146 Å². The molecule has 2 aromatic heterocycles. The molecule has 0 saturated carbocycles. The van der Waals surface area contributed by atoms with Crippen LogP contribution in [0.1, 0.15) is 11.1 Å². The van der Waals surface area contributed by atoms with E-state index in [2.05, 4.69) is 19.9 Å². The van der Waals surface area contributed by atoms with Gasteiger partial charge in [-0.2, -0.15) is 0 Å². The Labute approximate surface area is 296 Å². The third-order valence-electron chi connectivity index (χ3n) is 7.08. The van der Waals surface area contributed by atoms with Gasteiger partial charge in [-0.05, 0) is 56.9 Å². The van der Waals surface area contributed by atoms with Crippen molar-refractivity contribution in [1.82, 2.24) is 19.9 Å². The molecule has 9 nitrogen and oxygen atoms in total. The predicted octanol–water partition coefficient (Wildman–Crippen LogP) is 4.56. The molecule has 6 aromatic carbocycles. The van der Waals surface area contributed by atoms with Crippen LogP contribution in [0.25, 0.3) is 43.6 Å². The van der Waals surface area contributed by atoms with Crippen LogP contribution in [0.3, 0.4) is 0 Å². The number of benzene rings is 6. The number of H-pyrrole nitrogens is 2. The van der Waals surface area contributed by atoms with Crippen LogP contribution in [0.2, 0.25) is 0 Å². The molecule has 48 heavy (non-hydrogen) atoms. The van der Waals surface area contributed by atoms with Gasteiger partial charge in [0.2, 0.25) is 0 Å². The van der Waals surface area contributed by atoms with Crippen LogP contribution in [0.4, 0.5) is 0 Å². The summed E-state index contributed by atoms with van der Waals surface area (Å²) in [6.07, 6.45) is 3.35. The largest absolute Gasteiger partial charge is 2.00 e. The van der Waals surface area contributed by atoms with E-state index in [1.54, 1.807) is 12.7 Å². The van der Waals surface area contributed by atoms with Crippen LogP contribution >= 0.6 is 0 Å². The Morgan fingerprint density at radius 1 is 0.500 bits per heavy atom. The molecule has 2 heterocycles. The number of aliphatic carboxylic acids is 2. The smallest absolute Gasteiger partial charge is 0.550 e. The first kappa shape index (κ1) is 37.1. The number of aromatic nitrogens is 4. The molecule has 8 rings (SSSR count). The molecule has 10 heteroatoms. The molecule has 236 valence electrons. The summed E-state index contributed by atoms with van der Waals surface area (Å²) in [5.74, 6) is -2.08. The first-order valence-corrected chi connectivity index (χ1v) is 14.6. The number of hydrogen-bond acceptors (Lipinski definition) is 6. The summed E-state index contributed by atoms with van der Waals surface area (Å²) >= 11 is 0. The van der Waals surface area contributed by atoms with E-state index in [1.807, 2.05) is 133 Å². The number of carboxylic acid groups (broad SMARTS) is 2. The Bertz CT molecular complexity index is 1980. The molecule has 8 aromatic rings. The van der Waals surface area contributed by atoms with Crippen LogP contribution in [-0.2, 0) is 49.7 Å². The van der Waals surface area contributed by atoms with Crippen LogP contribution in [0.5, 0.6) is 0 Å². The fraction of sp³-hybridized carbons (Fsp3) is 0.0526. The summed E-state index contributed by atoms with van der Waals surface area (Å²) in [6, 6.07) is 42.6. The average molecular weight is 737 g/mol. The van der Waals surface area contributed by atoms with E-state index in [9.17, 15) is 19.8 Å². The molecule has 0 spiro atoms. The van der Waals surface area contributed by atoms with Crippen molar-refractivity contribution >= 4 is 55.6 Å². The van der Waals surface area contributed by atoms with Crippen molar-refractivity contribution in [2.75, 3.05) is 0 Å². The van der Waals surface area contributed by atoms with E-state index in [0.29, 0.717) is 0 Å². The fourth-order valence-corrected chi connectivity index (χ4v) is 4.96. The fourth-order valence-electron chi connectivity index (χ4n) is 4.96. The van der Waals surface area contributed by atoms with Gasteiger partial charge in [0.15, 0.2) is 0 Å². The Morgan fingerprint density at radius 3 is 1.25 bits per heavy atom. The number of fused-ring (bicyclic) bond motifs is 4. The van der Waals surface area contributed by atoms with Gasteiger partial charge in [-0.1, -0.05) is 109 Å². The summed E-state index contributed by atoms with van der Waals surface area (Å²) in [5.41, 5.74) is 5.86. The number of rotatable bonds is 4. The van der Waals surface area contributed by atoms with Crippen molar-refractivity contribution in [3.05, 3.63) is 157 Å². The SMILES string of the molecule is O.O=C([O-])Cc1cccc2ccccc12.O=C([O-])Cc1cccc2ccccc12.[Cd+2].c1ccc2[nH]cnc2c1.c1ccc2[nH]cnc2c1. The molecule has 0 aliphatic heterocycles. The van der Waals surface area contributed by atoms with Gasteiger partial charge in [-0.3, -0.25) is 0 Å². The molecule has 0 fully saturated rings. The minimum atomic E-state index is -1.04. The predicted molar refractivity (Wildman–Crippen MR) is 181 cm³/mol. The number of aromatic amines is 2. The van der Waals surface area contributed by atoms with E-state index in [1.165, 1.54) is 0 Å². The maximum Gasteiger partial charge on any atom is 2.00 e. The Kier molecular flexibility index (Phi) is 14.4. The summed E-state index contributed by atoms with van der Waals surface area (Å²) < 4.78 is 0. The van der Waals surface area contributed by atoms with Gasteiger partial charge in [0.1, 0.15) is 0 Å². The maximum absolute atomic E-state index is 10.5. The zero-order valence-corrected chi connectivity index (χ0v) is 30.0. The number of imidazole rings is 2. The Morgan fingerprint density at radius 2 is 0.854 bits per heavy atom. The normalized spacial score (nSPS) is 9.83. The molecule has 0 amide bonds. The van der Waals surface area contributed by atoms with E-state index in [-0.39, 0.29) is 45.6 Å². The number of hydrogen-bond donors (Lipinski definition) is 2. The van der Waals surface area contributed by atoms with Crippen molar-refractivity contribution < 1.29 is 52.6 Å². The second-order valence-electron chi connectivity index (χ2n) is 10.2. The summed E-state index contributed by atoms with van der Waals surface area (Å²) in [7, 11) is 0. The van der Waals surface area contributed by atoms with Crippen molar-refractivity contribution in [2.45, 2.75) is 12.8 Å². The molecule has 0 radical (unpaired) electrons. The molecule has 0 unspecified atom stereocenters. The minimum Gasteiger partial charge on any atom is -0.550 e. The number of nitrogens with zero attached hydrogens (tertiary/aromatic N) is 2. The third kappa shape index (κ3) is 10.3. The van der Waals surface area contributed by atoms with Crippen molar-refractivity contribution in [3.63, 3.8) is 0 Å². The number of para-hydroxylation sites is 4. The van der Waals surface area contributed by atoms with E-state index in [4.69, 9.17) is 0 Å². The van der Waals surface area contributed by atoms with Crippen molar-refractivity contribution in [2.24, 2.45) is 0 Å². The molecule has 4 N–H and O–H groups in total. The van der Waals surface area contributed by atoms with Gasteiger partial charge in [0, 0.05) is 24.8 Å². The quantitative estimate of drug-likeness (QED) is 0.251. The number of nitrogens with one attached hydrogen (secondary N) is 2. The molecule has 0 saturated heterocycles. The van der Waals surface area contributed by atoms with E-state index in [0.717, 1.165) is 54.7 Å². The van der Waals surface area contributed by atoms with Gasteiger partial charge in [-0.25, -0.2) is 9.97 Å². The number of carbonyl (C=O) groups excluding carboxylic acids is 2. The number of carbonyl (C=O) groups is 2. The second-order valence-corrected chi connectivity index (χ2v) is 10.2. The standard InChI is InChI=1S/2C12H10O2.2C7H6N2.Cd.H2O/c2*13-12(14)8-10-6-3-5-9-4-1-2-7-11(9)10;2*1-2-4-7-6(3-1)8-5-9-7;;/h2*1-7H,8H2,(H,13,14);2*1-5H,(H,8,9);;1H2/q;;;;+2;/p-2. The monoisotopic (exact) mass is 738 g/mol. The molecule has 0 aliphatic rings. The maximum atomic E-state index is 10.5. The minimum absolute atomic E-state index is 0. The second kappa shape index (κ2) is 18.7. The third-order valence-corrected chi connectivity index (χ3v) is 7.08. The molecular weight excluding hydrogens is 705 g/mol. The molecule has 0 atom stereocenters. The first-order valence-electron chi connectivity index (χ1n) is 14.6. The van der Waals surface area contributed by atoms with Crippen LogP contribution in [-0.4, -0.2) is 37.4 Å². The number of carboxylic acids is 2. The van der Waals surface area contributed by atoms with Gasteiger partial charge < -0.3 is 35.2 Å². The molecular formula is C38H32CdN4O5. The summed E-state index contributed by atoms with van der Waals surface area (Å²) in [5, 5.41) is 25.1. The average Bonchev–Trinajstić information content (AvgIpc) is 3.76. The van der Waals surface area contributed by atoms with Gasteiger partial charge in [0.25, 0.3) is 0 Å². The Hall–Kier alpha value is -5.40. The topological polar surface area (TPSA) is 169 Å². The van der Waals surface area contributed by atoms with Gasteiger partial charge in [-0.15, -0.1) is 0 Å². The zero-order chi connectivity index (χ0) is 32.1. The summed E-state index contributed by atoms with van der Waals surface area (Å²) in [6.45, 7) is 0. The Balaban J connectivity index is 0.000000174. The first-order chi connectivity index (χ1) is 22.5.